The van der Waals surface area contributed by atoms with Gasteiger partial charge >= 0.3 is 0 Å². The van der Waals surface area contributed by atoms with Crippen LogP contribution in [-0.2, 0) is 0 Å². The van der Waals surface area contributed by atoms with Crippen LogP contribution in [0.3, 0.4) is 0 Å². The maximum atomic E-state index is 2.45. The molecule has 3 atom stereocenters. The highest BCUT2D eigenvalue weighted by Crippen LogP contribution is 2.71. The van der Waals surface area contributed by atoms with Crippen molar-refractivity contribution in [3.8, 4) is 0 Å². The minimum absolute atomic E-state index is 0.819. The van der Waals surface area contributed by atoms with Crippen LogP contribution in [0.25, 0.3) is 0 Å². The summed E-state index contributed by atoms with van der Waals surface area (Å²) in [5.41, 5.74) is 0.819. The Bertz CT molecular complexity index is 141. The second-order valence-electron chi connectivity index (χ2n) is 4.55. The van der Waals surface area contributed by atoms with Gasteiger partial charge in [0.2, 0.25) is 0 Å². The van der Waals surface area contributed by atoms with Gasteiger partial charge in [0.25, 0.3) is 0 Å². The minimum Gasteiger partial charge on any atom is -0.0622 e. The highest BCUT2D eigenvalue weighted by atomic mass is 14.7. The zero-order chi connectivity index (χ0) is 7.35. The molecule has 2 fully saturated rings. The van der Waals surface area contributed by atoms with E-state index in [0.717, 1.165) is 23.2 Å². The molecule has 0 aromatic heterocycles. The van der Waals surface area contributed by atoms with Crippen molar-refractivity contribution >= 4 is 0 Å². The fourth-order valence-electron chi connectivity index (χ4n) is 3.56. The van der Waals surface area contributed by atoms with E-state index >= 15 is 0 Å². The van der Waals surface area contributed by atoms with Crippen LogP contribution in [0.15, 0.2) is 0 Å². The number of hydrogen-bond acceptors (Lipinski definition) is 0. The van der Waals surface area contributed by atoms with Gasteiger partial charge in [-0.05, 0) is 36.0 Å². The van der Waals surface area contributed by atoms with Crippen molar-refractivity contribution in [2.75, 3.05) is 0 Å². The molecule has 0 heteroatoms. The third-order valence-electron chi connectivity index (χ3n) is 4.23. The van der Waals surface area contributed by atoms with Crippen molar-refractivity contribution in [1.82, 2.24) is 0 Å². The van der Waals surface area contributed by atoms with Crippen molar-refractivity contribution in [3.05, 3.63) is 0 Å². The third-order valence-corrected chi connectivity index (χ3v) is 4.23. The Kier molecular flexibility index (Phi) is 1.19. The smallest absolute Gasteiger partial charge is 0.0215 e. The van der Waals surface area contributed by atoms with Gasteiger partial charge in [-0.1, -0.05) is 27.2 Å². The van der Waals surface area contributed by atoms with Crippen LogP contribution in [0.1, 0.15) is 40.0 Å². The fourth-order valence-corrected chi connectivity index (χ4v) is 3.56. The van der Waals surface area contributed by atoms with E-state index in [2.05, 4.69) is 20.8 Å². The first-order valence-corrected chi connectivity index (χ1v) is 4.69. The fraction of sp³-hybridized carbons (Fsp3) is 1.00. The zero-order valence-corrected chi connectivity index (χ0v) is 7.35. The van der Waals surface area contributed by atoms with Crippen LogP contribution in [0.4, 0.5) is 0 Å². The minimum atomic E-state index is 0.819. The van der Waals surface area contributed by atoms with E-state index < -0.39 is 0 Å². The standard InChI is InChI=1S/C10H18/c1-7(2)10-6-4-5-9(10)8(10)3/h7-9H,4-6H2,1-3H3. The van der Waals surface area contributed by atoms with E-state index in [1.807, 2.05) is 0 Å². The van der Waals surface area contributed by atoms with E-state index in [4.69, 9.17) is 0 Å². The second kappa shape index (κ2) is 1.78. The summed E-state index contributed by atoms with van der Waals surface area (Å²) in [7, 11) is 0. The van der Waals surface area contributed by atoms with E-state index in [0.29, 0.717) is 0 Å². The Hall–Kier alpha value is 0. The summed E-state index contributed by atoms with van der Waals surface area (Å²) in [6, 6.07) is 0. The molecule has 0 aromatic carbocycles. The average Bonchev–Trinajstić information content (AvgIpc) is 2.36. The monoisotopic (exact) mass is 138 g/mol. The van der Waals surface area contributed by atoms with Gasteiger partial charge in [-0.25, -0.2) is 0 Å². The second-order valence-corrected chi connectivity index (χ2v) is 4.55. The van der Waals surface area contributed by atoms with Gasteiger partial charge in [0.05, 0.1) is 0 Å². The Balaban J connectivity index is 2.16. The average molecular weight is 138 g/mol. The lowest BCUT2D eigenvalue weighted by atomic mass is 9.88. The molecule has 2 rings (SSSR count). The predicted octanol–water partition coefficient (Wildman–Crippen LogP) is 3.08. The molecule has 2 aliphatic rings. The maximum absolute atomic E-state index is 2.45. The molecule has 2 aliphatic carbocycles. The lowest BCUT2D eigenvalue weighted by Crippen LogP contribution is -2.10. The Morgan fingerprint density at radius 2 is 2.10 bits per heavy atom. The first-order chi connectivity index (χ1) is 4.69. The summed E-state index contributed by atoms with van der Waals surface area (Å²) in [6.45, 7) is 7.26. The topological polar surface area (TPSA) is 0 Å². The summed E-state index contributed by atoms with van der Waals surface area (Å²) in [5, 5.41) is 0. The number of rotatable bonds is 1. The quantitative estimate of drug-likeness (QED) is 0.522. The molecule has 58 valence electrons. The predicted molar refractivity (Wildman–Crippen MR) is 43.8 cm³/mol. The van der Waals surface area contributed by atoms with E-state index in [-0.39, 0.29) is 0 Å². The lowest BCUT2D eigenvalue weighted by molar-refractivity contribution is 0.317. The lowest BCUT2D eigenvalue weighted by Gasteiger charge is -2.17. The van der Waals surface area contributed by atoms with Crippen LogP contribution in [0, 0.1) is 23.2 Å². The maximum Gasteiger partial charge on any atom is -0.0215 e. The summed E-state index contributed by atoms with van der Waals surface area (Å²) >= 11 is 0. The molecule has 0 spiro atoms. The first kappa shape index (κ1) is 6.69. The molecule has 2 saturated carbocycles. The molecule has 0 N–H and O–H groups in total. The SMILES string of the molecule is CC(C)C12CCCC1C2C. The van der Waals surface area contributed by atoms with Gasteiger partial charge in [-0.2, -0.15) is 0 Å². The molecular weight excluding hydrogens is 120 g/mol. The molecular formula is C10H18. The molecule has 0 saturated heterocycles. The molecule has 0 aliphatic heterocycles. The summed E-state index contributed by atoms with van der Waals surface area (Å²) in [5.74, 6) is 3.11. The van der Waals surface area contributed by atoms with E-state index in [9.17, 15) is 0 Å². The van der Waals surface area contributed by atoms with Gasteiger partial charge < -0.3 is 0 Å². The van der Waals surface area contributed by atoms with Crippen LogP contribution >= 0.6 is 0 Å². The largest absolute Gasteiger partial charge is 0.0622 e. The normalized spacial score (nSPS) is 51.6. The van der Waals surface area contributed by atoms with E-state index in [1.54, 1.807) is 0 Å². The van der Waals surface area contributed by atoms with Crippen LogP contribution in [-0.4, -0.2) is 0 Å². The molecule has 0 nitrogen and oxygen atoms in total. The molecule has 0 amide bonds. The van der Waals surface area contributed by atoms with Gasteiger partial charge in [0.15, 0.2) is 0 Å². The van der Waals surface area contributed by atoms with Crippen molar-refractivity contribution in [2.24, 2.45) is 23.2 Å². The summed E-state index contributed by atoms with van der Waals surface area (Å²) < 4.78 is 0. The van der Waals surface area contributed by atoms with Gasteiger partial charge in [0, 0.05) is 0 Å². The van der Waals surface area contributed by atoms with Gasteiger partial charge in [-0.15, -0.1) is 0 Å². The molecule has 0 heterocycles. The highest BCUT2D eigenvalue weighted by molar-refractivity contribution is 5.13. The Labute approximate surface area is 64.0 Å². The number of hydrogen-bond donors (Lipinski definition) is 0. The molecule has 0 bridgehead atoms. The van der Waals surface area contributed by atoms with E-state index in [1.165, 1.54) is 19.3 Å². The molecule has 3 unspecified atom stereocenters. The summed E-state index contributed by atoms with van der Waals surface area (Å²) in [6.07, 6.45) is 4.56. The van der Waals surface area contributed by atoms with Crippen molar-refractivity contribution < 1.29 is 0 Å². The Morgan fingerprint density at radius 3 is 2.40 bits per heavy atom. The highest BCUT2D eigenvalue weighted by Gasteiger charge is 2.64. The van der Waals surface area contributed by atoms with Crippen LogP contribution in [0.5, 0.6) is 0 Å². The van der Waals surface area contributed by atoms with Crippen LogP contribution < -0.4 is 0 Å². The molecule has 0 radical (unpaired) electrons. The Morgan fingerprint density at radius 1 is 1.40 bits per heavy atom. The summed E-state index contributed by atoms with van der Waals surface area (Å²) in [4.78, 5) is 0. The van der Waals surface area contributed by atoms with Crippen molar-refractivity contribution in [1.29, 1.82) is 0 Å². The molecule has 10 heavy (non-hydrogen) atoms. The van der Waals surface area contributed by atoms with Gasteiger partial charge in [-0.3, -0.25) is 0 Å². The van der Waals surface area contributed by atoms with Crippen molar-refractivity contribution in [3.63, 3.8) is 0 Å². The zero-order valence-electron chi connectivity index (χ0n) is 7.35. The van der Waals surface area contributed by atoms with Crippen molar-refractivity contribution in [2.45, 2.75) is 40.0 Å². The first-order valence-electron chi connectivity index (χ1n) is 4.69. The molecule has 0 aromatic rings. The van der Waals surface area contributed by atoms with Gasteiger partial charge in [0.1, 0.15) is 0 Å². The third kappa shape index (κ3) is 0.538. The number of fused-ring (bicyclic) bond motifs is 1. The van der Waals surface area contributed by atoms with Crippen LogP contribution in [0.2, 0.25) is 0 Å².